The Bertz CT molecular complexity index is 337. The standard InChI is InChI=1S/C12H16N2O/c13-11-8-4-5-9-14(12(11)15)10-6-2-1-3-7-10/h1-3,6-7,11H,4-5,8-9,13H2. The van der Waals surface area contributed by atoms with Crippen LogP contribution in [0.4, 0.5) is 5.69 Å². The zero-order valence-corrected chi connectivity index (χ0v) is 8.73. The quantitative estimate of drug-likeness (QED) is 0.754. The monoisotopic (exact) mass is 204 g/mol. The summed E-state index contributed by atoms with van der Waals surface area (Å²) in [6.45, 7) is 0.788. The van der Waals surface area contributed by atoms with Gasteiger partial charge in [0, 0.05) is 12.2 Å². The van der Waals surface area contributed by atoms with Crippen LogP contribution in [0.25, 0.3) is 0 Å². The van der Waals surface area contributed by atoms with Crippen LogP contribution in [0.3, 0.4) is 0 Å². The highest BCUT2D eigenvalue weighted by Gasteiger charge is 2.24. The molecule has 1 aromatic carbocycles. The molecule has 1 amide bonds. The summed E-state index contributed by atoms with van der Waals surface area (Å²) in [4.78, 5) is 13.7. The van der Waals surface area contributed by atoms with Gasteiger partial charge in [0.15, 0.2) is 0 Å². The van der Waals surface area contributed by atoms with E-state index in [1.54, 1.807) is 4.90 Å². The Labute approximate surface area is 89.9 Å². The number of rotatable bonds is 1. The number of benzene rings is 1. The van der Waals surface area contributed by atoms with Gasteiger partial charge in [-0.25, -0.2) is 0 Å². The fraction of sp³-hybridized carbons (Fsp3) is 0.417. The van der Waals surface area contributed by atoms with E-state index in [4.69, 9.17) is 5.73 Å². The molecule has 0 saturated carbocycles. The van der Waals surface area contributed by atoms with Crippen molar-refractivity contribution in [3.63, 3.8) is 0 Å². The number of carbonyl (C=O) groups is 1. The highest BCUT2D eigenvalue weighted by atomic mass is 16.2. The molecule has 0 aromatic heterocycles. The van der Waals surface area contributed by atoms with Crippen LogP contribution in [-0.4, -0.2) is 18.5 Å². The Morgan fingerprint density at radius 3 is 2.67 bits per heavy atom. The van der Waals surface area contributed by atoms with Crippen molar-refractivity contribution in [2.75, 3.05) is 11.4 Å². The lowest BCUT2D eigenvalue weighted by Crippen LogP contribution is -2.42. The number of amides is 1. The molecule has 1 heterocycles. The van der Waals surface area contributed by atoms with Gasteiger partial charge in [0.2, 0.25) is 5.91 Å². The molecule has 3 heteroatoms. The Balaban J connectivity index is 2.23. The predicted molar refractivity (Wildman–Crippen MR) is 60.6 cm³/mol. The highest BCUT2D eigenvalue weighted by Crippen LogP contribution is 2.19. The van der Waals surface area contributed by atoms with Gasteiger partial charge in [-0.15, -0.1) is 0 Å². The van der Waals surface area contributed by atoms with Crippen molar-refractivity contribution in [2.45, 2.75) is 25.3 Å². The first kappa shape index (κ1) is 10.2. The number of hydrogen-bond donors (Lipinski definition) is 1. The van der Waals surface area contributed by atoms with E-state index in [1.807, 2.05) is 30.3 Å². The largest absolute Gasteiger partial charge is 0.320 e. The maximum Gasteiger partial charge on any atom is 0.243 e. The molecule has 1 aliphatic rings. The van der Waals surface area contributed by atoms with Gasteiger partial charge >= 0.3 is 0 Å². The van der Waals surface area contributed by atoms with E-state index in [9.17, 15) is 4.79 Å². The Morgan fingerprint density at radius 2 is 1.93 bits per heavy atom. The highest BCUT2D eigenvalue weighted by molar-refractivity contribution is 5.97. The third-order valence-electron chi connectivity index (χ3n) is 2.80. The molecule has 2 N–H and O–H groups in total. The minimum atomic E-state index is -0.326. The van der Waals surface area contributed by atoms with Gasteiger partial charge in [-0.1, -0.05) is 18.2 Å². The van der Waals surface area contributed by atoms with Crippen LogP contribution in [0.5, 0.6) is 0 Å². The van der Waals surface area contributed by atoms with Gasteiger partial charge in [0.05, 0.1) is 6.04 Å². The number of hydrogen-bond acceptors (Lipinski definition) is 2. The molecule has 15 heavy (non-hydrogen) atoms. The number of carbonyl (C=O) groups excluding carboxylic acids is 1. The van der Waals surface area contributed by atoms with Gasteiger partial charge in [0.25, 0.3) is 0 Å². The molecule has 1 atom stereocenters. The van der Waals surface area contributed by atoms with E-state index in [2.05, 4.69) is 0 Å². The average molecular weight is 204 g/mol. The van der Waals surface area contributed by atoms with E-state index < -0.39 is 0 Å². The SMILES string of the molecule is NC1CCCCN(c2ccccc2)C1=O. The lowest BCUT2D eigenvalue weighted by atomic mass is 10.1. The molecule has 0 radical (unpaired) electrons. The molecular formula is C12H16N2O. The van der Waals surface area contributed by atoms with Crippen LogP contribution in [0.2, 0.25) is 0 Å². The molecule has 1 aliphatic heterocycles. The molecule has 0 spiro atoms. The molecule has 1 unspecified atom stereocenters. The molecule has 1 saturated heterocycles. The lowest BCUT2D eigenvalue weighted by molar-refractivity contribution is -0.119. The van der Waals surface area contributed by atoms with Gasteiger partial charge in [-0.05, 0) is 31.4 Å². The second-order valence-electron chi connectivity index (χ2n) is 3.93. The molecule has 1 aromatic rings. The molecule has 0 aliphatic carbocycles. The van der Waals surface area contributed by atoms with Crippen LogP contribution in [0, 0.1) is 0 Å². The second kappa shape index (κ2) is 4.45. The van der Waals surface area contributed by atoms with Crippen molar-refractivity contribution >= 4 is 11.6 Å². The molecule has 1 fully saturated rings. The summed E-state index contributed by atoms with van der Waals surface area (Å²) < 4.78 is 0. The topological polar surface area (TPSA) is 46.3 Å². The number of para-hydroxylation sites is 1. The molecule has 2 rings (SSSR count). The molecule has 3 nitrogen and oxygen atoms in total. The summed E-state index contributed by atoms with van der Waals surface area (Å²) in [6, 6.07) is 9.42. The Morgan fingerprint density at radius 1 is 1.20 bits per heavy atom. The summed E-state index contributed by atoms with van der Waals surface area (Å²) in [5.41, 5.74) is 6.77. The second-order valence-corrected chi connectivity index (χ2v) is 3.93. The number of nitrogens with zero attached hydrogens (tertiary/aromatic N) is 1. The summed E-state index contributed by atoms with van der Waals surface area (Å²) in [7, 11) is 0. The average Bonchev–Trinajstić information content (AvgIpc) is 2.44. The van der Waals surface area contributed by atoms with Crippen molar-refractivity contribution in [2.24, 2.45) is 5.73 Å². The van der Waals surface area contributed by atoms with Crippen LogP contribution >= 0.6 is 0 Å². The van der Waals surface area contributed by atoms with Crippen LogP contribution < -0.4 is 10.6 Å². The Kier molecular flexibility index (Phi) is 3.02. The number of anilines is 1. The van der Waals surface area contributed by atoms with Gasteiger partial charge in [-0.2, -0.15) is 0 Å². The first-order valence-corrected chi connectivity index (χ1v) is 5.41. The molecule has 80 valence electrons. The normalized spacial score (nSPS) is 22.6. The Hall–Kier alpha value is -1.35. The summed E-state index contributed by atoms with van der Waals surface area (Å²) in [6.07, 6.45) is 2.88. The molecule has 0 bridgehead atoms. The van der Waals surface area contributed by atoms with E-state index in [0.717, 1.165) is 31.5 Å². The van der Waals surface area contributed by atoms with Crippen molar-refractivity contribution in [1.29, 1.82) is 0 Å². The van der Waals surface area contributed by atoms with E-state index >= 15 is 0 Å². The third kappa shape index (κ3) is 2.18. The number of nitrogens with two attached hydrogens (primary N) is 1. The predicted octanol–water partition coefficient (Wildman–Crippen LogP) is 1.53. The maximum absolute atomic E-state index is 11.9. The van der Waals surface area contributed by atoms with Gasteiger partial charge in [0.1, 0.15) is 0 Å². The van der Waals surface area contributed by atoms with E-state index in [1.165, 1.54) is 0 Å². The fourth-order valence-electron chi connectivity index (χ4n) is 1.93. The smallest absolute Gasteiger partial charge is 0.243 e. The lowest BCUT2D eigenvalue weighted by Gasteiger charge is -2.22. The minimum absolute atomic E-state index is 0.0544. The first-order valence-electron chi connectivity index (χ1n) is 5.41. The van der Waals surface area contributed by atoms with E-state index in [0.29, 0.717) is 0 Å². The minimum Gasteiger partial charge on any atom is -0.320 e. The molecular weight excluding hydrogens is 188 g/mol. The first-order chi connectivity index (χ1) is 7.29. The summed E-state index contributed by atoms with van der Waals surface area (Å²) in [5, 5.41) is 0. The van der Waals surface area contributed by atoms with E-state index in [-0.39, 0.29) is 11.9 Å². The summed E-state index contributed by atoms with van der Waals surface area (Å²) in [5.74, 6) is 0.0544. The summed E-state index contributed by atoms with van der Waals surface area (Å²) >= 11 is 0. The van der Waals surface area contributed by atoms with Crippen molar-refractivity contribution in [1.82, 2.24) is 0 Å². The van der Waals surface area contributed by atoms with Crippen molar-refractivity contribution < 1.29 is 4.79 Å². The van der Waals surface area contributed by atoms with Crippen LogP contribution in [0.1, 0.15) is 19.3 Å². The van der Waals surface area contributed by atoms with Crippen LogP contribution in [0.15, 0.2) is 30.3 Å². The van der Waals surface area contributed by atoms with Crippen molar-refractivity contribution in [3.8, 4) is 0 Å². The van der Waals surface area contributed by atoms with Crippen molar-refractivity contribution in [3.05, 3.63) is 30.3 Å². The zero-order chi connectivity index (χ0) is 10.7. The van der Waals surface area contributed by atoms with Gasteiger partial charge < -0.3 is 10.6 Å². The van der Waals surface area contributed by atoms with Gasteiger partial charge in [-0.3, -0.25) is 4.79 Å². The zero-order valence-electron chi connectivity index (χ0n) is 8.73. The fourth-order valence-corrected chi connectivity index (χ4v) is 1.93. The van der Waals surface area contributed by atoms with Crippen LogP contribution in [-0.2, 0) is 4.79 Å². The maximum atomic E-state index is 11.9. The third-order valence-corrected chi connectivity index (χ3v) is 2.80.